The number of rotatable bonds is 71. The molecule has 0 aliphatic rings. The van der Waals surface area contributed by atoms with Gasteiger partial charge in [0, 0.05) is 0 Å². The number of aliphatic imine (C=N–C) groups is 2. The summed E-state index contributed by atoms with van der Waals surface area (Å²) in [4.78, 5) is 11.3. The van der Waals surface area contributed by atoms with Gasteiger partial charge in [-0.15, -0.1) is 0 Å². The summed E-state index contributed by atoms with van der Waals surface area (Å²) in [5.41, 5.74) is 7.52. The Kier molecular flexibility index (Phi) is 69.0. The van der Waals surface area contributed by atoms with E-state index in [-0.39, 0.29) is 20.4 Å². The molecular weight excluding hydrogens is 1190 g/mol. The molecule has 0 unspecified atom stereocenters. The molecule has 526 valence electrons. The van der Waals surface area contributed by atoms with E-state index in [9.17, 15) is 0 Å². The number of hydrogen-bond acceptors (Lipinski definition) is 2. The van der Waals surface area contributed by atoms with Crippen molar-refractivity contribution in [3.63, 3.8) is 0 Å². The Morgan fingerprint density at radius 3 is 0.681 bits per heavy atom. The van der Waals surface area contributed by atoms with Gasteiger partial charge >= 0.3 is 20.4 Å². The van der Waals surface area contributed by atoms with E-state index >= 15 is 0 Å². The summed E-state index contributed by atoms with van der Waals surface area (Å²) in [6.45, 7) is 9.27. The molecule has 2 nitrogen and oxygen atoms in total. The van der Waals surface area contributed by atoms with Crippen LogP contribution in [-0.4, -0.2) is 11.4 Å². The molecule has 3 heteroatoms. The van der Waals surface area contributed by atoms with E-state index in [4.69, 9.17) is 9.98 Å². The zero-order valence-corrected chi connectivity index (χ0v) is 63.4. The maximum absolute atomic E-state index is 5.65. The van der Waals surface area contributed by atoms with Gasteiger partial charge in [0.1, 0.15) is 0 Å². The largest absolute Gasteiger partial charge is 2.00 e. The van der Waals surface area contributed by atoms with E-state index in [2.05, 4.69) is 101 Å². The monoisotopic (exact) mass is 1350 g/mol. The molecule has 0 heterocycles. The van der Waals surface area contributed by atoms with Crippen molar-refractivity contribution in [1.29, 1.82) is 0 Å². The van der Waals surface area contributed by atoms with Crippen LogP contribution in [0, 0.1) is 0 Å². The van der Waals surface area contributed by atoms with Crippen LogP contribution in [0.3, 0.4) is 0 Å². The van der Waals surface area contributed by atoms with Gasteiger partial charge in [-0.05, 0) is 100 Å². The molecule has 0 saturated heterocycles. The van der Waals surface area contributed by atoms with Gasteiger partial charge in [-0.3, -0.25) is 9.98 Å². The topological polar surface area (TPSA) is 24.7 Å². The zero-order chi connectivity index (χ0) is 64.0. The fourth-order valence-electron chi connectivity index (χ4n) is 13.7. The molecule has 0 radical (unpaired) electrons. The van der Waals surface area contributed by atoms with E-state index in [1.54, 1.807) is 0 Å². The third-order valence-electron chi connectivity index (χ3n) is 19.8. The number of hydrogen-bond donors (Lipinski definition) is 0. The molecule has 0 amide bonds. The molecule has 0 N–H and O–H groups in total. The van der Waals surface area contributed by atoms with Gasteiger partial charge in [0.25, 0.3) is 0 Å². The van der Waals surface area contributed by atoms with Crippen LogP contribution in [0.4, 0.5) is 11.4 Å². The molecule has 0 fully saturated rings. The Morgan fingerprint density at radius 2 is 0.429 bits per heavy atom. The third kappa shape index (κ3) is 57.9. The van der Waals surface area contributed by atoms with Crippen molar-refractivity contribution in [1.82, 2.24) is 0 Å². The van der Waals surface area contributed by atoms with Crippen molar-refractivity contribution in [3.05, 3.63) is 84.0 Å². The smallest absolute Gasteiger partial charge is 0.251 e. The number of aryl methyl sites for hydroxylation is 2. The van der Waals surface area contributed by atoms with Gasteiger partial charge in [0.05, 0.1) is 22.8 Å². The number of unbranched alkanes of at least 4 members (excludes halogenated alkanes) is 56. The molecule has 0 aromatic heterocycles. The SMILES string of the molecule is CCCCCCCCCCCCCCCCCCCCCCCCC/C=C/CCc1ccccc1/N=C(CCCC)\C(CCCCCCCCCCCC)=N\c1ccccc1CC/C=C/CCCCCCCCCCCCCCCCCCCCCCCCC.[Pd+2]. The molecular formula is C88H156N2Pd+2. The van der Waals surface area contributed by atoms with Crippen molar-refractivity contribution >= 4 is 22.8 Å². The molecule has 0 bridgehead atoms. The van der Waals surface area contributed by atoms with Crippen molar-refractivity contribution in [2.45, 2.75) is 451 Å². The van der Waals surface area contributed by atoms with Gasteiger partial charge in [0.15, 0.2) is 0 Å². The van der Waals surface area contributed by atoms with E-state index in [1.807, 2.05) is 0 Å². The van der Waals surface area contributed by atoms with Crippen LogP contribution in [0.25, 0.3) is 0 Å². The Balaban J connectivity index is 0.0000414. The first-order chi connectivity index (χ1) is 44.7. The van der Waals surface area contributed by atoms with Gasteiger partial charge < -0.3 is 0 Å². The molecule has 0 atom stereocenters. The quantitative estimate of drug-likeness (QED) is 0.0273. The molecule has 0 aliphatic carbocycles. The minimum absolute atomic E-state index is 0. The fraction of sp³-hybridized carbons (Fsp3) is 0.795. The Bertz CT molecular complexity index is 1890. The van der Waals surface area contributed by atoms with Gasteiger partial charge in [0.2, 0.25) is 0 Å². The molecule has 0 aliphatic heterocycles. The minimum Gasteiger partial charge on any atom is -0.251 e. The number of benzene rings is 2. The molecule has 2 rings (SSSR count). The first-order valence-electron chi connectivity index (χ1n) is 41.3. The van der Waals surface area contributed by atoms with Crippen LogP contribution in [0.5, 0.6) is 0 Å². The minimum atomic E-state index is 0. The van der Waals surface area contributed by atoms with E-state index in [0.29, 0.717) is 0 Å². The predicted molar refractivity (Wildman–Crippen MR) is 411 cm³/mol. The average molecular weight is 1350 g/mol. The summed E-state index contributed by atoms with van der Waals surface area (Å²) >= 11 is 0. The summed E-state index contributed by atoms with van der Waals surface area (Å²) in [6, 6.07) is 18.1. The summed E-state index contributed by atoms with van der Waals surface area (Å²) in [7, 11) is 0. The second-order valence-corrected chi connectivity index (χ2v) is 28.6. The van der Waals surface area contributed by atoms with Crippen molar-refractivity contribution < 1.29 is 20.4 Å². The maximum atomic E-state index is 5.65. The van der Waals surface area contributed by atoms with Gasteiger partial charge in [-0.2, -0.15) is 0 Å². The Labute approximate surface area is 584 Å². The third-order valence-corrected chi connectivity index (χ3v) is 19.8. The number of para-hydroxylation sites is 2. The van der Waals surface area contributed by atoms with Crippen molar-refractivity contribution in [2.75, 3.05) is 0 Å². The first-order valence-corrected chi connectivity index (χ1v) is 41.3. The first kappa shape index (κ1) is 86.9. The summed E-state index contributed by atoms with van der Waals surface area (Å²) in [6.07, 6.45) is 101. The molecule has 2 aromatic rings. The standard InChI is InChI=1S/C88H156N2.Pd/c1-5-9-13-16-19-22-25-27-29-31-33-35-37-39-41-43-45-47-49-51-53-55-57-59-62-65-68-75-83-77-71-73-80-85(83)89-87(79-12-8-4)88(82-70-67-64-61-24-21-18-15-11-7-3)90-86-81-74-72-78-84(86)76-69-66-63-60-58-56-54-52-50-48-46-44-42-40-38-36-34-32-30-28-26-23-20-17-14-10-6-2;/h62-63,65-66,71-74,77-78,80-81H,5-61,64,67-70,75-76,79,82H2,1-4H3;/q;+2/b65-62+,66-63+,89-87-,90-88+;. The van der Waals surface area contributed by atoms with Crippen LogP contribution >= 0.6 is 0 Å². The number of nitrogens with zero attached hydrogens (tertiary/aromatic N) is 2. The zero-order valence-electron chi connectivity index (χ0n) is 61.8. The van der Waals surface area contributed by atoms with Crippen LogP contribution in [0.2, 0.25) is 0 Å². The second kappa shape index (κ2) is 72.2. The van der Waals surface area contributed by atoms with Crippen LogP contribution in [-0.2, 0) is 33.3 Å². The molecule has 2 aromatic carbocycles. The van der Waals surface area contributed by atoms with Crippen LogP contribution in [0.15, 0.2) is 82.8 Å². The van der Waals surface area contributed by atoms with Crippen molar-refractivity contribution in [2.24, 2.45) is 9.98 Å². The number of allylic oxidation sites excluding steroid dienone is 4. The summed E-state index contributed by atoms with van der Waals surface area (Å²) in [5, 5.41) is 0. The summed E-state index contributed by atoms with van der Waals surface area (Å²) in [5.74, 6) is 0. The van der Waals surface area contributed by atoms with Gasteiger partial charge in [-0.1, -0.05) is 435 Å². The van der Waals surface area contributed by atoms with Crippen LogP contribution in [0.1, 0.15) is 450 Å². The Morgan fingerprint density at radius 1 is 0.231 bits per heavy atom. The molecule has 91 heavy (non-hydrogen) atoms. The van der Waals surface area contributed by atoms with E-state index < -0.39 is 0 Å². The summed E-state index contributed by atoms with van der Waals surface area (Å²) < 4.78 is 0. The molecule has 0 saturated carbocycles. The van der Waals surface area contributed by atoms with E-state index in [0.717, 1.165) is 56.3 Å². The van der Waals surface area contributed by atoms with E-state index in [1.165, 1.54) is 401 Å². The maximum Gasteiger partial charge on any atom is 2.00 e. The second-order valence-electron chi connectivity index (χ2n) is 28.6. The van der Waals surface area contributed by atoms with Crippen LogP contribution < -0.4 is 0 Å². The Hall–Kier alpha value is -2.08. The fourth-order valence-corrected chi connectivity index (χ4v) is 13.7. The predicted octanol–water partition coefficient (Wildman–Crippen LogP) is 31.8. The average Bonchev–Trinajstić information content (AvgIpc) is 1.45. The normalized spacial score (nSPS) is 12.2. The van der Waals surface area contributed by atoms with Gasteiger partial charge in [-0.25, -0.2) is 0 Å². The molecule has 0 spiro atoms. The van der Waals surface area contributed by atoms with Crippen molar-refractivity contribution in [3.8, 4) is 0 Å².